The third-order valence-electron chi connectivity index (χ3n) is 1.68. The summed E-state index contributed by atoms with van der Waals surface area (Å²) in [5.74, 6) is 0. The molecular formula is C9H13N3O3. The van der Waals surface area contributed by atoms with Gasteiger partial charge in [0, 0.05) is 0 Å². The van der Waals surface area contributed by atoms with E-state index in [1.54, 1.807) is 0 Å². The van der Waals surface area contributed by atoms with Crippen LogP contribution in [0.2, 0.25) is 0 Å². The molecule has 6 heteroatoms. The average molecular weight is 211 g/mol. The van der Waals surface area contributed by atoms with Gasteiger partial charge in [-0.25, -0.2) is 9.48 Å². The average Bonchev–Trinajstić information content (AvgIpc) is 2.53. The summed E-state index contributed by atoms with van der Waals surface area (Å²) >= 11 is 0. The molecule has 0 bridgehead atoms. The second-order valence-electron chi connectivity index (χ2n) is 2.83. The Labute approximate surface area is 87.9 Å². The van der Waals surface area contributed by atoms with E-state index in [0.29, 0.717) is 0 Å². The molecule has 0 aromatic carbocycles. The van der Waals surface area contributed by atoms with Gasteiger partial charge >= 0.3 is 0 Å². The molecule has 0 aromatic rings. The summed E-state index contributed by atoms with van der Waals surface area (Å²) in [4.78, 5) is 12.3. The van der Waals surface area contributed by atoms with Gasteiger partial charge in [-0.2, -0.15) is 0 Å². The van der Waals surface area contributed by atoms with Crippen molar-refractivity contribution in [2.45, 2.75) is 0 Å². The molecule has 0 spiro atoms. The number of quaternary nitrogens is 1. The summed E-state index contributed by atoms with van der Waals surface area (Å²) < 4.78 is 0.729. The SMILES string of the molecule is C=CC[N+]1(CC=C)C=CN=C1.O=[N+]([O-])[O-]. The van der Waals surface area contributed by atoms with E-state index in [1.165, 1.54) is 0 Å². The van der Waals surface area contributed by atoms with Gasteiger partial charge < -0.3 is 15.3 Å². The molecular weight excluding hydrogens is 198 g/mol. The van der Waals surface area contributed by atoms with Crippen molar-refractivity contribution < 1.29 is 9.57 Å². The molecule has 6 nitrogen and oxygen atoms in total. The quantitative estimate of drug-likeness (QED) is 0.305. The monoisotopic (exact) mass is 211 g/mol. The first-order valence-electron chi connectivity index (χ1n) is 4.18. The lowest BCUT2D eigenvalue weighted by Crippen LogP contribution is -2.39. The van der Waals surface area contributed by atoms with Crippen LogP contribution in [0.3, 0.4) is 0 Å². The third kappa shape index (κ3) is 5.37. The predicted molar refractivity (Wildman–Crippen MR) is 58.4 cm³/mol. The van der Waals surface area contributed by atoms with Crippen LogP contribution in [0.15, 0.2) is 42.7 Å². The van der Waals surface area contributed by atoms with Gasteiger partial charge in [-0.3, -0.25) is 0 Å². The molecule has 0 amide bonds. The summed E-state index contributed by atoms with van der Waals surface area (Å²) in [5, 5.41) is 14.8. The molecule has 1 aliphatic rings. The standard InChI is InChI=1S/C9H13N2.NO3/c1-3-6-11(7-4-2)8-5-10-9-11;2-1(3)4/h3-5,8-9H,1-2,6-7H2;/q+1;-1. The molecule has 15 heavy (non-hydrogen) atoms. The normalized spacial score (nSPS) is 15.2. The van der Waals surface area contributed by atoms with Crippen LogP contribution < -0.4 is 0 Å². The highest BCUT2D eigenvalue weighted by atomic mass is 16.9. The number of nitrogens with zero attached hydrogens (tertiary/aromatic N) is 3. The van der Waals surface area contributed by atoms with Gasteiger partial charge in [0.15, 0.2) is 6.34 Å². The first kappa shape index (κ1) is 13.1. The number of hydrogen-bond donors (Lipinski definition) is 0. The van der Waals surface area contributed by atoms with E-state index in [4.69, 9.17) is 15.3 Å². The smallest absolute Gasteiger partial charge is 0.195 e. The zero-order valence-electron chi connectivity index (χ0n) is 8.28. The fourth-order valence-electron chi connectivity index (χ4n) is 1.15. The second kappa shape index (κ2) is 6.50. The van der Waals surface area contributed by atoms with Crippen LogP contribution in [0.1, 0.15) is 0 Å². The minimum Gasteiger partial charge on any atom is -0.356 e. The number of aliphatic imine (C=N–C) groups is 1. The van der Waals surface area contributed by atoms with E-state index in [9.17, 15) is 0 Å². The second-order valence-corrected chi connectivity index (χ2v) is 2.83. The summed E-state index contributed by atoms with van der Waals surface area (Å²) in [5.41, 5.74) is 0. The Hall–Kier alpha value is -1.95. The van der Waals surface area contributed by atoms with E-state index in [2.05, 4.69) is 18.2 Å². The Balaban J connectivity index is 0.000000423. The summed E-state index contributed by atoms with van der Waals surface area (Å²) in [7, 11) is 0. The highest BCUT2D eigenvalue weighted by Crippen LogP contribution is 2.10. The molecule has 0 radical (unpaired) electrons. The van der Waals surface area contributed by atoms with Crippen molar-refractivity contribution in [1.29, 1.82) is 0 Å². The predicted octanol–water partition coefficient (Wildman–Crippen LogP) is 1.45. The summed E-state index contributed by atoms with van der Waals surface area (Å²) in [6, 6.07) is 0. The minimum absolute atomic E-state index is 0.729. The lowest BCUT2D eigenvalue weighted by atomic mass is 10.4. The van der Waals surface area contributed by atoms with E-state index in [1.807, 2.05) is 30.9 Å². The van der Waals surface area contributed by atoms with Gasteiger partial charge in [0.05, 0.1) is 11.3 Å². The van der Waals surface area contributed by atoms with Crippen molar-refractivity contribution >= 4 is 6.34 Å². The molecule has 0 N–H and O–H groups in total. The van der Waals surface area contributed by atoms with Gasteiger partial charge in [0.2, 0.25) is 0 Å². The molecule has 0 atom stereocenters. The maximum absolute atomic E-state index is 8.25. The van der Waals surface area contributed by atoms with E-state index < -0.39 is 5.09 Å². The highest BCUT2D eigenvalue weighted by Gasteiger charge is 2.21. The molecule has 1 rings (SSSR count). The van der Waals surface area contributed by atoms with Gasteiger partial charge in [-0.1, -0.05) is 13.2 Å². The van der Waals surface area contributed by atoms with Crippen molar-refractivity contribution in [3.63, 3.8) is 0 Å². The topological polar surface area (TPSA) is 78.6 Å². The maximum atomic E-state index is 8.25. The van der Waals surface area contributed by atoms with Gasteiger partial charge in [0.25, 0.3) is 0 Å². The van der Waals surface area contributed by atoms with Crippen LogP contribution >= 0.6 is 0 Å². The maximum Gasteiger partial charge on any atom is 0.195 e. The first-order chi connectivity index (χ1) is 7.06. The molecule has 1 aliphatic heterocycles. The summed E-state index contributed by atoms with van der Waals surface area (Å²) in [6.07, 6.45) is 9.55. The van der Waals surface area contributed by atoms with Crippen molar-refractivity contribution in [3.05, 3.63) is 53.0 Å². The highest BCUT2D eigenvalue weighted by molar-refractivity contribution is 5.51. The van der Waals surface area contributed by atoms with Gasteiger partial charge in [-0.05, 0) is 12.2 Å². The Bertz CT molecular complexity index is 269. The largest absolute Gasteiger partial charge is 0.356 e. The fourth-order valence-corrected chi connectivity index (χ4v) is 1.15. The van der Waals surface area contributed by atoms with Gasteiger partial charge in [0.1, 0.15) is 19.3 Å². The van der Waals surface area contributed by atoms with Crippen LogP contribution in [0.25, 0.3) is 0 Å². The van der Waals surface area contributed by atoms with E-state index in [-0.39, 0.29) is 0 Å². The van der Waals surface area contributed by atoms with Crippen LogP contribution in [-0.4, -0.2) is 29.0 Å². The first-order valence-corrected chi connectivity index (χ1v) is 4.18. The zero-order valence-corrected chi connectivity index (χ0v) is 8.28. The lowest BCUT2D eigenvalue weighted by Gasteiger charge is -2.23. The molecule has 0 saturated heterocycles. The van der Waals surface area contributed by atoms with Crippen molar-refractivity contribution in [2.24, 2.45) is 4.99 Å². The number of hydrogen-bond acceptors (Lipinski definition) is 4. The molecule has 1 heterocycles. The van der Waals surface area contributed by atoms with E-state index in [0.717, 1.165) is 17.6 Å². The van der Waals surface area contributed by atoms with Crippen LogP contribution in [0, 0.1) is 15.3 Å². The fraction of sp³-hybridized carbons (Fsp3) is 0.222. The molecule has 82 valence electrons. The van der Waals surface area contributed by atoms with Crippen LogP contribution in [0.4, 0.5) is 0 Å². The van der Waals surface area contributed by atoms with Crippen molar-refractivity contribution in [1.82, 2.24) is 0 Å². The molecule has 0 aliphatic carbocycles. The summed E-state index contributed by atoms with van der Waals surface area (Å²) in [6.45, 7) is 9.17. The molecule has 0 saturated carbocycles. The van der Waals surface area contributed by atoms with Crippen molar-refractivity contribution in [3.8, 4) is 0 Å². The van der Waals surface area contributed by atoms with Gasteiger partial charge in [-0.15, -0.1) is 0 Å². The Morgan fingerprint density at radius 2 is 1.80 bits per heavy atom. The van der Waals surface area contributed by atoms with Crippen molar-refractivity contribution in [2.75, 3.05) is 13.1 Å². The Morgan fingerprint density at radius 3 is 2.07 bits per heavy atom. The number of rotatable bonds is 4. The van der Waals surface area contributed by atoms with Crippen LogP contribution in [0.5, 0.6) is 0 Å². The molecule has 0 unspecified atom stereocenters. The molecule has 0 aromatic heterocycles. The molecule has 0 fully saturated rings. The minimum atomic E-state index is -1.75. The Morgan fingerprint density at radius 1 is 1.33 bits per heavy atom. The van der Waals surface area contributed by atoms with E-state index >= 15 is 0 Å². The third-order valence-corrected chi connectivity index (χ3v) is 1.68. The zero-order chi connectivity index (χ0) is 11.7. The van der Waals surface area contributed by atoms with Crippen LogP contribution in [-0.2, 0) is 0 Å². The lowest BCUT2D eigenvalue weighted by molar-refractivity contribution is -0.765. The Kier molecular flexibility index (Phi) is 5.65.